The number of amides is 2. The molecule has 0 bridgehead atoms. The topological polar surface area (TPSA) is 390 Å². The van der Waals surface area contributed by atoms with Crippen molar-refractivity contribution in [3.05, 3.63) is 104 Å². The van der Waals surface area contributed by atoms with Crippen molar-refractivity contribution >= 4 is 58.3 Å². The molecule has 4 aliphatic rings. The van der Waals surface area contributed by atoms with Gasteiger partial charge in [-0.1, -0.05) is 11.8 Å². The number of carbonyl (C=O) groups is 3. The number of hydrogen-bond donors (Lipinski definition) is 8. The number of alkyl carbamates (subject to hydrolysis) is 1. The number of carboxylic acids is 1. The number of ether oxygens (including phenoxy) is 4. The van der Waals surface area contributed by atoms with Gasteiger partial charge in [0.1, 0.15) is 49.9 Å². The van der Waals surface area contributed by atoms with Gasteiger partial charge < -0.3 is 64.0 Å². The van der Waals surface area contributed by atoms with Crippen LogP contribution in [0.15, 0.2) is 74.8 Å². The monoisotopic (exact) mass is 1130 g/mol. The van der Waals surface area contributed by atoms with E-state index in [9.17, 15) is 62.8 Å². The van der Waals surface area contributed by atoms with E-state index in [2.05, 4.69) is 35.8 Å². The second kappa shape index (κ2) is 24.9. The van der Waals surface area contributed by atoms with Gasteiger partial charge in [0.25, 0.3) is 11.5 Å². The van der Waals surface area contributed by atoms with E-state index < -0.39 is 96.4 Å². The van der Waals surface area contributed by atoms with Crippen LogP contribution in [-0.4, -0.2) is 144 Å². The largest absolute Gasteiger partial charge is 0.787 e. The van der Waals surface area contributed by atoms with Crippen LogP contribution in [0.5, 0.6) is 0 Å². The molecule has 28 nitrogen and oxygen atoms in total. The van der Waals surface area contributed by atoms with Crippen molar-refractivity contribution in [3.63, 3.8) is 0 Å². The molecule has 77 heavy (non-hydrogen) atoms. The van der Waals surface area contributed by atoms with Crippen LogP contribution < -0.4 is 41.8 Å². The summed E-state index contributed by atoms with van der Waals surface area (Å²) >= 11 is 0. The van der Waals surface area contributed by atoms with E-state index in [0.717, 1.165) is 21.8 Å². The molecule has 3 aromatic rings. The molecular weight excluding hydrogens is 1080 g/mol. The second-order valence-electron chi connectivity index (χ2n) is 17.5. The number of anilines is 1. The van der Waals surface area contributed by atoms with Gasteiger partial charge in [0, 0.05) is 79.6 Å². The summed E-state index contributed by atoms with van der Waals surface area (Å²) in [6, 6.07) is 12.7. The number of carbonyl (C=O) groups excluding carboxylic acids is 2. The lowest BCUT2D eigenvalue weighted by molar-refractivity contribution is -0.441. The van der Waals surface area contributed by atoms with Gasteiger partial charge in [-0.05, 0) is 52.9 Å². The van der Waals surface area contributed by atoms with Crippen LogP contribution in [0.1, 0.15) is 51.8 Å². The Kier molecular flexibility index (Phi) is 18.8. The molecule has 7 rings (SSSR count). The van der Waals surface area contributed by atoms with Crippen molar-refractivity contribution < 1.29 is 94.8 Å². The van der Waals surface area contributed by atoms with E-state index in [-0.39, 0.29) is 49.4 Å². The Hall–Kier alpha value is -6.50. The number of aromatic carboxylic acids is 1. The smallest absolute Gasteiger partial charge is 0.521 e. The van der Waals surface area contributed by atoms with E-state index in [0.29, 0.717) is 46.3 Å². The zero-order chi connectivity index (χ0) is 55.9. The number of aliphatic hydroxyl groups is 1. The van der Waals surface area contributed by atoms with Gasteiger partial charge in [0.15, 0.2) is 6.29 Å². The highest BCUT2D eigenvalue weighted by Crippen LogP contribution is 2.61. The third-order valence-electron chi connectivity index (χ3n) is 11.7. The third kappa shape index (κ3) is 15.0. The molecule has 2 aromatic carbocycles. The normalized spacial score (nSPS) is 20.3. The highest BCUT2D eigenvalue weighted by molar-refractivity contribution is 7.61. The number of hydrogen-bond acceptors (Lipinski definition) is 19. The molecule has 1 aliphatic carbocycles. The molecule has 0 spiro atoms. The molecule has 9 unspecified atom stereocenters. The first-order valence-corrected chi connectivity index (χ1v) is 27.4. The maximum absolute atomic E-state index is 13.5. The molecule has 2 amide bonds. The summed E-state index contributed by atoms with van der Waals surface area (Å²) in [4.78, 5) is 95.6. The molecule has 412 valence electrons. The highest BCUT2D eigenvalue weighted by Gasteiger charge is 2.42. The zero-order valence-electron chi connectivity index (χ0n) is 41.3. The van der Waals surface area contributed by atoms with Crippen LogP contribution >= 0.6 is 23.7 Å². The van der Waals surface area contributed by atoms with Crippen LogP contribution in [-0.2, 0) is 46.0 Å². The summed E-state index contributed by atoms with van der Waals surface area (Å²) in [5.41, 5.74) is 0.977. The Labute approximate surface area is 436 Å². The lowest BCUT2D eigenvalue weighted by Crippen LogP contribution is -2.34. The standard InChI is InChI=1S/C46H51N6O22P3/c1-50(2)27-8-12-31-35(19-27)71-36-20-28(51(3)4)9-13-32(36)40(31)33-18-25(7-11-30(33)43(56)57)41(54)47-16-17-67-39-14-10-29(70-39)23-68-45(59)48-15-5-6-26-22-52(44(58)49-42(26)55)38-21-34(53)37(72-38)24-69-76(63,64)74-77(65,66)73-46(60)75(61)62/h7-9,11-13,18-20,22,29,34,37-39,46,53H,10,14-17,21,23-24H2,1-4H3,(H6-,47,48,49,54,55,56,57,58,59,61,62,63,64,65,66)/p+1. The number of H-pyrrole nitrogens is 1. The number of benzene rings is 3. The van der Waals surface area contributed by atoms with E-state index in [1.54, 1.807) is 6.07 Å². The number of aromatic amines is 1. The summed E-state index contributed by atoms with van der Waals surface area (Å²) in [6.45, 7) is -1.34. The fourth-order valence-corrected chi connectivity index (χ4v) is 10.6. The molecule has 3 aliphatic heterocycles. The summed E-state index contributed by atoms with van der Waals surface area (Å²) in [5, 5.41) is 38.7. The lowest BCUT2D eigenvalue weighted by atomic mass is 9.89. The number of carboxylic acid groups (broad SMARTS) is 1. The van der Waals surface area contributed by atoms with Gasteiger partial charge in [0.2, 0.25) is 11.4 Å². The molecule has 8 N–H and O–H groups in total. The minimum absolute atomic E-state index is 0.00727. The van der Waals surface area contributed by atoms with Crippen LogP contribution in [0.2, 0.25) is 0 Å². The van der Waals surface area contributed by atoms with Crippen molar-refractivity contribution in [2.24, 2.45) is 0 Å². The number of phosphoric ester groups is 2. The summed E-state index contributed by atoms with van der Waals surface area (Å²) in [5.74, 6) is 3.89. The maximum atomic E-state index is 13.5. The van der Waals surface area contributed by atoms with Gasteiger partial charge in [-0.3, -0.25) is 23.7 Å². The molecule has 0 radical (unpaired) electrons. The van der Waals surface area contributed by atoms with Gasteiger partial charge in [-0.15, -0.1) is 0 Å². The minimum atomic E-state index is -5.69. The minimum Gasteiger partial charge on any atom is -0.787 e. The van der Waals surface area contributed by atoms with E-state index in [4.69, 9.17) is 28.3 Å². The first-order valence-electron chi connectivity index (χ1n) is 23.1. The van der Waals surface area contributed by atoms with Gasteiger partial charge in [-0.2, -0.15) is 9.20 Å². The quantitative estimate of drug-likeness (QED) is 0.0135. The van der Waals surface area contributed by atoms with Gasteiger partial charge >= 0.3 is 41.4 Å². The predicted molar refractivity (Wildman–Crippen MR) is 266 cm³/mol. The Bertz CT molecular complexity index is 3400. The Morgan fingerprint density at radius 2 is 1.78 bits per heavy atom. The van der Waals surface area contributed by atoms with Gasteiger partial charge in [-0.25, -0.2) is 32.6 Å². The maximum Gasteiger partial charge on any atom is 0.521 e. The average Bonchev–Trinajstić information content (AvgIpc) is 3.99. The van der Waals surface area contributed by atoms with Crippen LogP contribution in [0.3, 0.4) is 0 Å². The molecule has 2 saturated heterocycles. The average molecular weight is 1130 g/mol. The SMILES string of the molecule is CN(C)c1ccc2c(-c3cc(C(=O)NCCOC4CCC(COC(=O)NCC#Cc5cn(C6CC(O)C(COP(=O)(O)OP(=O)(O)OC([O-])[P+](=O)O)O6)c(=O)[nH]c5=O)O4)ccc3C(=O)O)c3ccc(=[N+](C)C)cc-3oc2c1. The van der Waals surface area contributed by atoms with Crippen molar-refractivity contribution in [2.75, 3.05) is 66.0 Å². The molecule has 0 saturated carbocycles. The number of phosphoric acid groups is 2. The fraction of sp³-hybridized carbons (Fsp3) is 0.391. The highest BCUT2D eigenvalue weighted by atomic mass is 31.3. The van der Waals surface area contributed by atoms with Gasteiger partial charge in [0.05, 0.1) is 43.6 Å². The van der Waals surface area contributed by atoms with Crippen molar-refractivity contribution in [1.29, 1.82) is 0 Å². The summed E-state index contributed by atoms with van der Waals surface area (Å²) in [7, 11) is -7.28. The Balaban J connectivity index is 0.866. The van der Waals surface area contributed by atoms with Crippen LogP contribution in [0.4, 0.5) is 10.5 Å². The molecule has 2 fully saturated rings. The number of aliphatic hydroxyl groups excluding tert-OH is 1. The van der Waals surface area contributed by atoms with Crippen LogP contribution in [0, 0.1) is 11.8 Å². The molecular formula is C46H52N6O22P3+. The Morgan fingerprint density at radius 1 is 1.01 bits per heavy atom. The molecule has 31 heteroatoms. The first-order chi connectivity index (χ1) is 36.4. The second-order valence-corrected chi connectivity index (χ2v) is 21.5. The first kappa shape index (κ1) is 58.2. The number of aromatic nitrogens is 2. The van der Waals surface area contributed by atoms with Crippen molar-refractivity contribution in [3.8, 4) is 34.3 Å². The number of nitrogens with zero attached hydrogens (tertiary/aromatic N) is 3. The zero-order valence-corrected chi connectivity index (χ0v) is 43.9. The van der Waals surface area contributed by atoms with E-state index in [1.165, 1.54) is 12.1 Å². The van der Waals surface area contributed by atoms with E-state index in [1.807, 2.05) is 79.0 Å². The number of nitrogens with one attached hydrogen (secondary N) is 3. The molecule has 1 aromatic heterocycles. The lowest BCUT2D eigenvalue weighted by Gasteiger charge is -2.20. The van der Waals surface area contributed by atoms with Crippen LogP contribution in [0.25, 0.3) is 33.4 Å². The fourth-order valence-electron chi connectivity index (χ4n) is 7.96. The predicted octanol–water partition coefficient (Wildman–Crippen LogP) is 1.16. The summed E-state index contributed by atoms with van der Waals surface area (Å²) in [6.07, 6.45) is -4.75. The Morgan fingerprint density at radius 3 is 2.49 bits per heavy atom. The molecule has 4 heterocycles. The third-order valence-corrected chi connectivity index (χ3v) is 14.9. The van der Waals surface area contributed by atoms with E-state index >= 15 is 0 Å². The van der Waals surface area contributed by atoms with Crippen molar-refractivity contribution in [2.45, 2.75) is 56.1 Å². The molecule has 9 atom stereocenters. The number of fused-ring (bicyclic) bond motifs is 2. The number of rotatable bonds is 20. The van der Waals surface area contributed by atoms with Crippen molar-refractivity contribution in [1.82, 2.24) is 24.8 Å². The summed E-state index contributed by atoms with van der Waals surface area (Å²) < 4.78 is 78.4.